The molecule has 1 fully saturated rings. The van der Waals surface area contributed by atoms with E-state index < -0.39 is 5.97 Å². The Hall–Kier alpha value is -1.07. The van der Waals surface area contributed by atoms with Gasteiger partial charge in [0.1, 0.15) is 0 Å². The van der Waals surface area contributed by atoms with Crippen LogP contribution in [0.25, 0.3) is 10.2 Å². The molecule has 1 heterocycles. The number of aromatic nitrogens is 1. The highest BCUT2D eigenvalue weighted by atomic mass is 32.2. The molecule has 5 heteroatoms. The lowest BCUT2D eigenvalue weighted by molar-refractivity contribution is -0.142. The van der Waals surface area contributed by atoms with Crippen LogP contribution in [-0.2, 0) is 4.79 Å². The third-order valence-electron chi connectivity index (χ3n) is 3.55. The van der Waals surface area contributed by atoms with Gasteiger partial charge >= 0.3 is 5.97 Å². The van der Waals surface area contributed by atoms with Crippen molar-refractivity contribution in [1.29, 1.82) is 0 Å². The van der Waals surface area contributed by atoms with Crippen LogP contribution in [0.4, 0.5) is 0 Å². The van der Waals surface area contributed by atoms with Crippen LogP contribution in [0.5, 0.6) is 0 Å². The summed E-state index contributed by atoms with van der Waals surface area (Å²) in [7, 11) is 0. The van der Waals surface area contributed by atoms with E-state index >= 15 is 0 Å². The van der Waals surface area contributed by atoms with Crippen molar-refractivity contribution in [3.63, 3.8) is 0 Å². The highest BCUT2D eigenvalue weighted by molar-refractivity contribution is 8.01. The number of hydrogen-bond donors (Lipinski definition) is 1. The van der Waals surface area contributed by atoms with Crippen LogP contribution in [0.1, 0.15) is 25.7 Å². The SMILES string of the molecule is O=C(O)C1CCCCC1Sc1nc2ccccc2s1. The maximum atomic E-state index is 11.3. The Morgan fingerprint density at radius 3 is 2.89 bits per heavy atom. The number of para-hydroxylation sites is 1. The van der Waals surface area contributed by atoms with Gasteiger partial charge in [-0.1, -0.05) is 36.7 Å². The summed E-state index contributed by atoms with van der Waals surface area (Å²) >= 11 is 3.32. The summed E-state index contributed by atoms with van der Waals surface area (Å²) in [5, 5.41) is 9.47. The molecule has 0 amide bonds. The molecule has 1 aromatic heterocycles. The fourth-order valence-corrected chi connectivity index (χ4v) is 5.19. The highest BCUT2D eigenvalue weighted by Gasteiger charge is 2.32. The molecule has 19 heavy (non-hydrogen) atoms. The number of thiazole rings is 1. The number of nitrogens with zero attached hydrogens (tertiary/aromatic N) is 1. The molecule has 100 valence electrons. The van der Waals surface area contributed by atoms with E-state index in [1.807, 2.05) is 18.2 Å². The second-order valence-electron chi connectivity index (χ2n) is 4.83. The number of carbonyl (C=O) groups is 1. The number of thioether (sulfide) groups is 1. The van der Waals surface area contributed by atoms with Gasteiger partial charge in [0, 0.05) is 5.25 Å². The summed E-state index contributed by atoms with van der Waals surface area (Å²) in [6.45, 7) is 0. The second-order valence-corrected chi connectivity index (χ2v) is 7.35. The van der Waals surface area contributed by atoms with E-state index in [1.54, 1.807) is 23.1 Å². The number of hydrogen-bond acceptors (Lipinski definition) is 4. The smallest absolute Gasteiger partial charge is 0.307 e. The molecule has 1 aliphatic carbocycles. The fraction of sp³-hybridized carbons (Fsp3) is 0.429. The molecule has 0 aliphatic heterocycles. The highest BCUT2D eigenvalue weighted by Crippen LogP contribution is 2.40. The van der Waals surface area contributed by atoms with Crippen molar-refractivity contribution < 1.29 is 9.90 Å². The van der Waals surface area contributed by atoms with Crippen LogP contribution in [-0.4, -0.2) is 21.3 Å². The zero-order chi connectivity index (χ0) is 13.2. The summed E-state index contributed by atoms with van der Waals surface area (Å²) in [5.41, 5.74) is 1.01. The van der Waals surface area contributed by atoms with Gasteiger partial charge in [-0.25, -0.2) is 4.98 Å². The molecule has 2 atom stereocenters. The van der Waals surface area contributed by atoms with Crippen molar-refractivity contribution in [2.45, 2.75) is 35.3 Å². The largest absolute Gasteiger partial charge is 0.481 e. The number of carboxylic acid groups (broad SMARTS) is 1. The molecule has 2 aromatic rings. The first-order chi connectivity index (χ1) is 9.24. The minimum atomic E-state index is -0.654. The minimum Gasteiger partial charge on any atom is -0.481 e. The van der Waals surface area contributed by atoms with Crippen molar-refractivity contribution >= 4 is 39.3 Å². The molecule has 1 N–H and O–H groups in total. The van der Waals surface area contributed by atoms with E-state index in [2.05, 4.69) is 11.1 Å². The van der Waals surface area contributed by atoms with Crippen LogP contribution in [0.2, 0.25) is 0 Å². The van der Waals surface area contributed by atoms with Gasteiger partial charge in [-0.3, -0.25) is 4.79 Å². The molecular weight excluding hydrogens is 278 g/mol. The number of benzene rings is 1. The number of rotatable bonds is 3. The van der Waals surface area contributed by atoms with Crippen molar-refractivity contribution in [2.24, 2.45) is 5.92 Å². The molecule has 3 rings (SSSR count). The summed E-state index contributed by atoms with van der Waals surface area (Å²) in [4.78, 5) is 15.9. The van der Waals surface area contributed by atoms with Gasteiger partial charge in [-0.05, 0) is 25.0 Å². The lowest BCUT2D eigenvalue weighted by atomic mass is 9.89. The lowest BCUT2D eigenvalue weighted by Gasteiger charge is -2.26. The first kappa shape index (κ1) is 12.9. The van der Waals surface area contributed by atoms with Gasteiger partial charge in [0.25, 0.3) is 0 Å². The molecule has 0 radical (unpaired) electrons. The average molecular weight is 293 g/mol. The normalized spacial score (nSPS) is 23.6. The lowest BCUT2D eigenvalue weighted by Crippen LogP contribution is -2.28. The van der Waals surface area contributed by atoms with Crippen molar-refractivity contribution in [3.8, 4) is 0 Å². The van der Waals surface area contributed by atoms with Gasteiger partial charge in [0.05, 0.1) is 16.1 Å². The van der Waals surface area contributed by atoms with E-state index in [9.17, 15) is 9.90 Å². The van der Waals surface area contributed by atoms with Gasteiger partial charge in [-0.15, -0.1) is 11.3 Å². The van der Waals surface area contributed by atoms with Crippen LogP contribution < -0.4 is 0 Å². The topological polar surface area (TPSA) is 50.2 Å². The van der Waals surface area contributed by atoms with Crippen LogP contribution in [0.15, 0.2) is 28.6 Å². The van der Waals surface area contributed by atoms with E-state index in [0.717, 1.165) is 35.5 Å². The van der Waals surface area contributed by atoms with Crippen LogP contribution in [0.3, 0.4) is 0 Å². The standard InChI is InChI=1S/C14H15NO2S2/c16-13(17)9-5-1-3-7-11(9)18-14-15-10-6-2-4-8-12(10)19-14/h2,4,6,8-9,11H,1,3,5,7H2,(H,16,17). The monoisotopic (exact) mass is 293 g/mol. The molecule has 2 unspecified atom stereocenters. The average Bonchev–Trinajstić information content (AvgIpc) is 2.81. The van der Waals surface area contributed by atoms with E-state index in [0.29, 0.717) is 0 Å². The minimum absolute atomic E-state index is 0.173. The van der Waals surface area contributed by atoms with E-state index in [4.69, 9.17) is 0 Å². The van der Waals surface area contributed by atoms with E-state index in [-0.39, 0.29) is 11.2 Å². The van der Waals surface area contributed by atoms with E-state index in [1.165, 1.54) is 4.70 Å². The third kappa shape index (κ3) is 2.77. The summed E-state index contributed by atoms with van der Waals surface area (Å²) in [6, 6.07) is 8.06. The van der Waals surface area contributed by atoms with Crippen LogP contribution >= 0.6 is 23.1 Å². The zero-order valence-corrected chi connectivity index (χ0v) is 12.0. The third-order valence-corrected chi connectivity index (χ3v) is 6.08. The molecule has 0 bridgehead atoms. The molecule has 1 aromatic carbocycles. The molecular formula is C14H15NO2S2. The first-order valence-electron chi connectivity index (χ1n) is 6.49. The summed E-state index contributed by atoms with van der Waals surface area (Å²) < 4.78 is 2.17. The Kier molecular flexibility index (Phi) is 3.75. The van der Waals surface area contributed by atoms with Crippen molar-refractivity contribution in [1.82, 2.24) is 4.98 Å². The number of aliphatic carboxylic acids is 1. The Morgan fingerprint density at radius 2 is 2.11 bits per heavy atom. The predicted octanol–water partition coefficient (Wildman–Crippen LogP) is 4.03. The Labute approximate surface area is 120 Å². The maximum Gasteiger partial charge on any atom is 0.307 e. The van der Waals surface area contributed by atoms with Gasteiger partial charge in [0.2, 0.25) is 0 Å². The second kappa shape index (κ2) is 5.51. The molecule has 0 spiro atoms. The molecule has 3 nitrogen and oxygen atoms in total. The Bertz CT molecular complexity index is 563. The maximum absolute atomic E-state index is 11.3. The zero-order valence-electron chi connectivity index (χ0n) is 10.4. The van der Waals surface area contributed by atoms with Crippen LogP contribution in [0, 0.1) is 5.92 Å². The molecule has 1 saturated carbocycles. The van der Waals surface area contributed by atoms with Gasteiger partial charge < -0.3 is 5.11 Å². The Morgan fingerprint density at radius 1 is 1.32 bits per heavy atom. The van der Waals surface area contributed by atoms with Gasteiger partial charge in [0.15, 0.2) is 4.34 Å². The first-order valence-corrected chi connectivity index (χ1v) is 8.19. The Balaban J connectivity index is 1.80. The molecule has 1 aliphatic rings. The molecule has 0 saturated heterocycles. The number of carboxylic acids is 1. The van der Waals surface area contributed by atoms with Crippen molar-refractivity contribution in [3.05, 3.63) is 24.3 Å². The predicted molar refractivity (Wildman–Crippen MR) is 78.9 cm³/mol. The summed E-state index contributed by atoms with van der Waals surface area (Å²) in [5.74, 6) is -0.871. The quantitative estimate of drug-likeness (QED) is 0.928. The van der Waals surface area contributed by atoms with Crippen molar-refractivity contribution in [2.75, 3.05) is 0 Å². The number of fused-ring (bicyclic) bond motifs is 1. The fourth-order valence-electron chi connectivity index (χ4n) is 2.55. The summed E-state index contributed by atoms with van der Waals surface area (Å²) in [6.07, 6.45) is 3.95. The van der Waals surface area contributed by atoms with Gasteiger partial charge in [-0.2, -0.15) is 0 Å².